The molecule has 0 radical (unpaired) electrons. The van der Waals surface area contributed by atoms with E-state index in [1.54, 1.807) is 0 Å². The van der Waals surface area contributed by atoms with Crippen LogP contribution < -0.4 is 5.32 Å². The van der Waals surface area contributed by atoms with E-state index in [4.69, 9.17) is 4.74 Å². The Morgan fingerprint density at radius 1 is 1.65 bits per heavy atom. The third-order valence-electron chi connectivity index (χ3n) is 3.50. The van der Waals surface area contributed by atoms with E-state index in [1.165, 1.54) is 18.5 Å². The standard InChI is InChI=1S/C13H23N3O/c1-4-16-11(8-10(2)15-16)9-12(14-3)13-6-5-7-17-13/h8,12-14H,4-7,9H2,1-3H3. The molecule has 1 saturated heterocycles. The van der Waals surface area contributed by atoms with Crippen LogP contribution in [0.15, 0.2) is 6.07 Å². The number of likely N-dealkylation sites (N-methyl/N-ethyl adjacent to an activating group) is 1. The molecule has 0 aliphatic carbocycles. The monoisotopic (exact) mass is 237 g/mol. The van der Waals surface area contributed by atoms with Gasteiger partial charge in [0.15, 0.2) is 0 Å². The predicted molar refractivity (Wildman–Crippen MR) is 68.2 cm³/mol. The van der Waals surface area contributed by atoms with E-state index in [0.717, 1.165) is 25.3 Å². The van der Waals surface area contributed by atoms with Crippen LogP contribution in [0.1, 0.15) is 31.2 Å². The van der Waals surface area contributed by atoms with E-state index in [0.29, 0.717) is 12.1 Å². The fourth-order valence-corrected chi connectivity index (χ4v) is 2.60. The third kappa shape index (κ3) is 2.87. The van der Waals surface area contributed by atoms with Crippen LogP contribution in [0.2, 0.25) is 0 Å². The third-order valence-corrected chi connectivity index (χ3v) is 3.50. The second-order valence-electron chi connectivity index (χ2n) is 4.74. The molecule has 1 fully saturated rings. The Kier molecular flexibility index (Phi) is 4.18. The maximum Gasteiger partial charge on any atom is 0.0732 e. The van der Waals surface area contributed by atoms with E-state index in [-0.39, 0.29) is 0 Å². The van der Waals surface area contributed by atoms with Crippen molar-refractivity contribution in [1.82, 2.24) is 15.1 Å². The molecule has 0 bridgehead atoms. The number of rotatable bonds is 5. The summed E-state index contributed by atoms with van der Waals surface area (Å²) >= 11 is 0. The minimum atomic E-state index is 0.362. The maximum absolute atomic E-state index is 5.77. The highest BCUT2D eigenvalue weighted by molar-refractivity contribution is 5.11. The zero-order valence-corrected chi connectivity index (χ0v) is 11.1. The second-order valence-corrected chi connectivity index (χ2v) is 4.74. The van der Waals surface area contributed by atoms with Crippen molar-refractivity contribution in [2.45, 2.75) is 51.8 Å². The van der Waals surface area contributed by atoms with Crippen molar-refractivity contribution in [3.05, 3.63) is 17.5 Å². The van der Waals surface area contributed by atoms with E-state index in [2.05, 4.69) is 35.0 Å². The Bertz CT molecular complexity index is 356. The molecule has 1 N–H and O–H groups in total. The van der Waals surface area contributed by atoms with Gasteiger partial charge in [-0.15, -0.1) is 0 Å². The molecule has 1 aromatic heterocycles. The summed E-state index contributed by atoms with van der Waals surface area (Å²) in [7, 11) is 2.02. The van der Waals surface area contributed by atoms with Crippen LogP contribution in [-0.2, 0) is 17.7 Å². The van der Waals surface area contributed by atoms with Gasteiger partial charge >= 0.3 is 0 Å². The highest BCUT2D eigenvalue weighted by Gasteiger charge is 2.25. The summed E-state index contributed by atoms with van der Waals surface area (Å²) in [5.41, 5.74) is 2.41. The quantitative estimate of drug-likeness (QED) is 0.844. The largest absolute Gasteiger partial charge is 0.377 e. The summed E-state index contributed by atoms with van der Waals surface area (Å²) in [4.78, 5) is 0. The van der Waals surface area contributed by atoms with Crippen LogP contribution in [0.5, 0.6) is 0 Å². The van der Waals surface area contributed by atoms with Crippen molar-refractivity contribution in [1.29, 1.82) is 0 Å². The van der Waals surface area contributed by atoms with E-state index in [9.17, 15) is 0 Å². The van der Waals surface area contributed by atoms with Gasteiger partial charge in [-0.2, -0.15) is 5.10 Å². The Hall–Kier alpha value is -0.870. The lowest BCUT2D eigenvalue weighted by atomic mass is 10.0. The molecule has 1 aromatic rings. The lowest BCUT2D eigenvalue weighted by Gasteiger charge is -2.22. The number of hydrogen-bond acceptors (Lipinski definition) is 3. The Balaban J connectivity index is 2.06. The number of ether oxygens (including phenoxy) is 1. The molecule has 96 valence electrons. The van der Waals surface area contributed by atoms with Gasteiger partial charge in [0.25, 0.3) is 0 Å². The van der Waals surface area contributed by atoms with Crippen LogP contribution in [0.4, 0.5) is 0 Å². The summed E-state index contributed by atoms with van der Waals surface area (Å²) in [6.45, 7) is 6.03. The van der Waals surface area contributed by atoms with Crippen LogP contribution >= 0.6 is 0 Å². The highest BCUT2D eigenvalue weighted by atomic mass is 16.5. The van der Waals surface area contributed by atoms with Crippen molar-refractivity contribution >= 4 is 0 Å². The molecule has 0 saturated carbocycles. The predicted octanol–water partition coefficient (Wildman–Crippen LogP) is 1.52. The molecule has 0 amide bonds. The van der Waals surface area contributed by atoms with Gasteiger partial charge in [-0.3, -0.25) is 4.68 Å². The highest BCUT2D eigenvalue weighted by Crippen LogP contribution is 2.19. The van der Waals surface area contributed by atoms with Crippen molar-refractivity contribution < 1.29 is 4.74 Å². The van der Waals surface area contributed by atoms with Gasteiger partial charge in [-0.05, 0) is 39.8 Å². The minimum absolute atomic E-state index is 0.362. The lowest BCUT2D eigenvalue weighted by molar-refractivity contribution is 0.0802. The van der Waals surface area contributed by atoms with Gasteiger partial charge in [0, 0.05) is 31.3 Å². The molecule has 2 rings (SSSR count). The Morgan fingerprint density at radius 3 is 3.06 bits per heavy atom. The summed E-state index contributed by atoms with van der Waals surface area (Å²) in [5.74, 6) is 0. The molecule has 0 aromatic carbocycles. The molecular formula is C13H23N3O. The zero-order chi connectivity index (χ0) is 12.3. The van der Waals surface area contributed by atoms with Gasteiger partial charge in [0.05, 0.1) is 11.8 Å². The summed E-state index contributed by atoms with van der Waals surface area (Å²) < 4.78 is 7.86. The Labute approximate surface area is 103 Å². The van der Waals surface area contributed by atoms with E-state index in [1.807, 2.05) is 7.05 Å². The van der Waals surface area contributed by atoms with Gasteiger partial charge in [0.2, 0.25) is 0 Å². The molecule has 2 heterocycles. The number of hydrogen-bond donors (Lipinski definition) is 1. The van der Waals surface area contributed by atoms with Crippen LogP contribution in [0.3, 0.4) is 0 Å². The van der Waals surface area contributed by atoms with Crippen molar-refractivity contribution in [3.8, 4) is 0 Å². The van der Waals surface area contributed by atoms with Crippen molar-refractivity contribution in [2.75, 3.05) is 13.7 Å². The van der Waals surface area contributed by atoms with Crippen LogP contribution in [0.25, 0.3) is 0 Å². The topological polar surface area (TPSA) is 39.1 Å². The average Bonchev–Trinajstić information content (AvgIpc) is 2.94. The SMILES string of the molecule is CCn1nc(C)cc1CC(NC)C1CCCO1. The normalized spacial score (nSPS) is 21.9. The molecule has 17 heavy (non-hydrogen) atoms. The first-order valence-electron chi connectivity index (χ1n) is 6.56. The fraction of sp³-hybridized carbons (Fsp3) is 0.769. The lowest BCUT2D eigenvalue weighted by Crippen LogP contribution is -2.39. The number of nitrogens with one attached hydrogen (secondary N) is 1. The van der Waals surface area contributed by atoms with Gasteiger partial charge in [-0.25, -0.2) is 0 Å². The first kappa shape index (κ1) is 12.6. The molecular weight excluding hydrogens is 214 g/mol. The van der Waals surface area contributed by atoms with Gasteiger partial charge in [-0.1, -0.05) is 0 Å². The maximum atomic E-state index is 5.77. The van der Waals surface area contributed by atoms with Crippen molar-refractivity contribution in [3.63, 3.8) is 0 Å². The smallest absolute Gasteiger partial charge is 0.0732 e. The van der Waals surface area contributed by atoms with Crippen molar-refractivity contribution in [2.24, 2.45) is 0 Å². The molecule has 0 spiro atoms. The average molecular weight is 237 g/mol. The summed E-state index contributed by atoms with van der Waals surface area (Å²) in [6.07, 6.45) is 3.72. The Morgan fingerprint density at radius 2 is 2.47 bits per heavy atom. The van der Waals surface area contributed by atoms with Gasteiger partial charge < -0.3 is 10.1 Å². The van der Waals surface area contributed by atoms with E-state index < -0.39 is 0 Å². The number of aromatic nitrogens is 2. The number of aryl methyl sites for hydroxylation is 2. The summed E-state index contributed by atoms with van der Waals surface area (Å²) in [5, 5.41) is 7.88. The van der Waals surface area contributed by atoms with E-state index >= 15 is 0 Å². The molecule has 1 aliphatic rings. The second kappa shape index (κ2) is 5.65. The first-order chi connectivity index (χ1) is 8.24. The minimum Gasteiger partial charge on any atom is -0.377 e. The van der Waals surface area contributed by atoms with Crippen LogP contribution in [0, 0.1) is 6.92 Å². The number of nitrogens with zero attached hydrogens (tertiary/aromatic N) is 2. The first-order valence-corrected chi connectivity index (χ1v) is 6.56. The molecule has 1 aliphatic heterocycles. The van der Waals surface area contributed by atoms with Gasteiger partial charge in [0.1, 0.15) is 0 Å². The fourth-order valence-electron chi connectivity index (χ4n) is 2.60. The molecule has 2 unspecified atom stereocenters. The van der Waals surface area contributed by atoms with Crippen LogP contribution in [-0.4, -0.2) is 35.6 Å². The zero-order valence-electron chi connectivity index (χ0n) is 11.1. The molecule has 4 nitrogen and oxygen atoms in total. The summed E-state index contributed by atoms with van der Waals surface area (Å²) in [6, 6.07) is 2.59. The molecule has 4 heteroatoms. The molecule has 2 atom stereocenters.